The maximum absolute atomic E-state index is 5.12. The minimum Gasteiger partial charge on any atom is -0.362 e. The average molecular weight is 119 g/mol. The monoisotopic (exact) mass is 118 g/mol. The van der Waals surface area contributed by atoms with Gasteiger partial charge in [-0.15, -0.1) is 0 Å². The molecule has 0 fully saturated rings. The molecule has 0 saturated carbocycles. The van der Waals surface area contributed by atoms with Crippen molar-refractivity contribution in [3.8, 4) is 0 Å². The molecule has 0 aromatic carbocycles. The highest BCUT2D eigenvalue weighted by atomic mass is 35.5. The van der Waals surface area contributed by atoms with Gasteiger partial charge in [0.15, 0.2) is 0 Å². The molecule has 38 valence electrons. The lowest BCUT2D eigenvalue weighted by Gasteiger charge is -1.78. The van der Waals surface area contributed by atoms with Gasteiger partial charge < -0.3 is 4.52 Å². The summed E-state index contributed by atoms with van der Waals surface area (Å²) in [4.78, 5) is 2.32. The van der Waals surface area contributed by atoms with Crippen LogP contribution in [0.3, 0.4) is 0 Å². The van der Waals surface area contributed by atoms with Crippen molar-refractivity contribution in [1.29, 1.82) is 0 Å². The van der Waals surface area contributed by atoms with Gasteiger partial charge in [-0.2, -0.15) is 0 Å². The highest BCUT2D eigenvalue weighted by Gasteiger charge is 1.85. The van der Waals surface area contributed by atoms with Crippen molar-refractivity contribution in [2.45, 2.75) is 0 Å². The Morgan fingerprint density at radius 2 is 2.71 bits per heavy atom. The number of aromatic nitrogens is 1. The molecule has 0 unspecified atom stereocenters. The molecule has 0 spiro atoms. The Bertz CT molecular complexity index is 127. The van der Waals surface area contributed by atoms with Crippen LogP contribution in [-0.4, -0.2) is 5.16 Å². The maximum atomic E-state index is 5.12. The fourth-order valence-corrected chi connectivity index (χ4v) is 0.345. The van der Waals surface area contributed by atoms with E-state index in [-0.39, 0.29) is 0 Å². The van der Waals surface area contributed by atoms with Crippen molar-refractivity contribution in [1.82, 2.24) is 5.16 Å². The molecule has 1 N–H and O–H groups in total. The summed E-state index contributed by atoms with van der Waals surface area (Å²) in [5.74, 6) is 0. The lowest BCUT2D eigenvalue weighted by atomic mass is 10.6. The summed E-state index contributed by atoms with van der Waals surface area (Å²) in [7, 11) is 0. The summed E-state index contributed by atoms with van der Waals surface area (Å²) in [6, 6.07) is 0. The maximum Gasteiger partial charge on any atom is 0.148 e. The molecule has 4 heteroatoms. The summed E-state index contributed by atoms with van der Waals surface area (Å²) in [5, 5.41) is 3.37. The minimum atomic E-state index is 0.668. The van der Waals surface area contributed by atoms with Gasteiger partial charge in [-0.3, -0.25) is 4.84 Å². The van der Waals surface area contributed by atoms with E-state index in [2.05, 4.69) is 14.5 Å². The molecule has 7 heavy (non-hydrogen) atoms. The van der Waals surface area contributed by atoms with Crippen molar-refractivity contribution in [2.75, 3.05) is 4.84 Å². The van der Waals surface area contributed by atoms with Crippen molar-refractivity contribution < 1.29 is 4.52 Å². The van der Waals surface area contributed by atoms with E-state index in [4.69, 9.17) is 11.8 Å². The van der Waals surface area contributed by atoms with E-state index in [0.29, 0.717) is 5.69 Å². The second-order valence-corrected chi connectivity index (χ2v) is 1.20. The number of nitrogens with zero attached hydrogens (tertiary/aromatic N) is 1. The van der Waals surface area contributed by atoms with Crippen LogP contribution >= 0.6 is 11.8 Å². The average Bonchev–Trinajstić information content (AvgIpc) is 2.14. The third-order valence-electron chi connectivity index (χ3n) is 0.541. The zero-order valence-electron chi connectivity index (χ0n) is 3.39. The number of hydrogen-bond acceptors (Lipinski definition) is 3. The molecule has 0 aliphatic heterocycles. The summed E-state index contributed by atoms with van der Waals surface area (Å²) < 4.78 is 4.41. The Morgan fingerprint density at radius 3 is 3.00 bits per heavy atom. The van der Waals surface area contributed by atoms with Crippen molar-refractivity contribution in [3.05, 3.63) is 12.5 Å². The van der Waals surface area contributed by atoms with Crippen LogP contribution in [0.1, 0.15) is 0 Å². The van der Waals surface area contributed by atoms with Gasteiger partial charge in [0.2, 0.25) is 0 Å². The summed E-state index contributed by atoms with van der Waals surface area (Å²) in [6.07, 6.45) is 2.89. The predicted octanol–water partition coefficient (Wildman–Crippen LogP) is 1.24. The van der Waals surface area contributed by atoms with E-state index in [1.807, 2.05) is 0 Å². The number of nitrogens with one attached hydrogen (secondary N) is 1. The van der Waals surface area contributed by atoms with Crippen LogP contribution in [0.25, 0.3) is 0 Å². The molecule has 0 saturated heterocycles. The van der Waals surface area contributed by atoms with E-state index in [1.54, 1.807) is 0 Å². The minimum absolute atomic E-state index is 0.668. The number of halogens is 1. The first kappa shape index (κ1) is 4.46. The number of rotatable bonds is 1. The molecule has 1 rings (SSSR count). The van der Waals surface area contributed by atoms with Gasteiger partial charge in [-0.25, -0.2) is 0 Å². The molecular weight excluding hydrogens is 115 g/mol. The van der Waals surface area contributed by atoms with Crippen LogP contribution in [-0.2, 0) is 0 Å². The SMILES string of the molecule is ClNc1cnoc1. The van der Waals surface area contributed by atoms with Crippen molar-refractivity contribution in [3.63, 3.8) is 0 Å². The summed E-state index contributed by atoms with van der Waals surface area (Å²) >= 11 is 5.12. The topological polar surface area (TPSA) is 38.1 Å². The summed E-state index contributed by atoms with van der Waals surface area (Å²) in [6.45, 7) is 0. The van der Waals surface area contributed by atoms with Crippen LogP contribution < -0.4 is 4.84 Å². The molecule has 0 aliphatic rings. The molecule has 1 heterocycles. The first-order chi connectivity index (χ1) is 3.43. The van der Waals surface area contributed by atoms with Gasteiger partial charge >= 0.3 is 0 Å². The van der Waals surface area contributed by atoms with E-state index < -0.39 is 0 Å². The normalized spacial score (nSPS) is 8.71. The number of hydrogen-bond donors (Lipinski definition) is 1. The van der Waals surface area contributed by atoms with Gasteiger partial charge in [0.25, 0.3) is 0 Å². The van der Waals surface area contributed by atoms with Crippen molar-refractivity contribution in [2.24, 2.45) is 0 Å². The molecule has 1 aromatic heterocycles. The Morgan fingerprint density at radius 1 is 1.86 bits per heavy atom. The Hall–Kier alpha value is -0.700. The van der Waals surface area contributed by atoms with Crippen LogP contribution in [0, 0.1) is 0 Å². The quantitative estimate of drug-likeness (QED) is 0.564. The van der Waals surface area contributed by atoms with Crippen LogP contribution in [0.4, 0.5) is 5.69 Å². The molecule has 1 aromatic rings. The Kier molecular flexibility index (Phi) is 1.17. The van der Waals surface area contributed by atoms with E-state index in [0.717, 1.165) is 0 Å². The molecule has 0 radical (unpaired) electrons. The van der Waals surface area contributed by atoms with Gasteiger partial charge in [0.05, 0.1) is 6.20 Å². The van der Waals surface area contributed by atoms with Crippen LogP contribution in [0.5, 0.6) is 0 Å². The van der Waals surface area contributed by atoms with Gasteiger partial charge in [-0.05, 0) is 0 Å². The van der Waals surface area contributed by atoms with Gasteiger partial charge in [0, 0.05) is 11.8 Å². The van der Waals surface area contributed by atoms with Crippen molar-refractivity contribution >= 4 is 17.5 Å². The zero-order chi connectivity index (χ0) is 5.11. The van der Waals surface area contributed by atoms with Crippen LogP contribution in [0.15, 0.2) is 17.0 Å². The first-order valence-electron chi connectivity index (χ1n) is 1.69. The van der Waals surface area contributed by atoms with Gasteiger partial charge in [0.1, 0.15) is 12.0 Å². The number of anilines is 1. The third-order valence-corrected chi connectivity index (χ3v) is 0.760. The molecule has 3 nitrogen and oxygen atoms in total. The smallest absolute Gasteiger partial charge is 0.148 e. The standard InChI is InChI=1S/C3H3ClN2O/c4-6-3-1-5-7-2-3/h1-2,6H. The fourth-order valence-electron chi connectivity index (χ4n) is 0.252. The Labute approximate surface area is 45.4 Å². The van der Waals surface area contributed by atoms with Crippen LogP contribution in [0.2, 0.25) is 0 Å². The third kappa shape index (κ3) is 0.838. The molecule has 0 bridgehead atoms. The van der Waals surface area contributed by atoms with Gasteiger partial charge in [-0.1, -0.05) is 5.16 Å². The zero-order valence-corrected chi connectivity index (χ0v) is 4.14. The molecular formula is C3H3ClN2O. The molecule has 0 amide bonds. The largest absolute Gasteiger partial charge is 0.362 e. The highest BCUT2D eigenvalue weighted by molar-refractivity contribution is 6.23. The predicted molar refractivity (Wildman–Crippen MR) is 26.0 cm³/mol. The Balaban J connectivity index is 2.76. The fraction of sp³-hybridized carbons (Fsp3) is 0. The lowest BCUT2D eigenvalue weighted by molar-refractivity contribution is 0.420. The van der Waals surface area contributed by atoms with E-state index in [9.17, 15) is 0 Å². The first-order valence-corrected chi connectivity index (χ1v) is 2.07. The van der Waals surface area contributed by atoms with E-state index in [1.165, 1.54) is 12.5 Å². The highest BCUT2D eigenvalue weighted by Crippen LogP contribution is 2.02. The molecule has 0 atom stereocenters. The molecule has 0 aliphatic carbocycles. The summed E-state index contributed by atoms with van der Waals surface area (Å²) in [5.41, 5.74) is 0.668. The second-order valence-electron chi connectivity index (χ2n) is 1.01. The lowest BCUT2D eigenvalue weighted by Crippen LogP contribution is -1.70. The van der Waals surface area contributed by atoms with E-state index >= 15 is 0 Å². The second kappa shape index (κ2) is 1.84.